The third kappa shape index (κ3) is 3.70. The van der Waals surface area contributed by atoms with Gasteiger partial charge in [-0.3, -0.25) is 0 Å². The molecule has 0 atom stereocenters. The lowest BCUT2D eigenvalue weighted by Crippen LogP contribution is -2.12. The second-order valence-corrected chi connectivity index (χ2v) is 5.95. The minimum atomic E-state index is -1.64. The first-order chi connectivity index (χ1) is 8.97. The van der Waals surface area contributed by atoms with Crippen molar-refractivity contribution in [2.75, 3.05) is 0 Å². The summed E-state index contributed by atoms with van der Waals surface area (Å²) in [5.41, 5.74) is 0.638. The van der Waals surface area contributed by atoms with Crippen LogP contribution >= 0.6 is 22.6 Å². The van der Waals surface area contributed by atoms with Crippen molar-refractivity contribution in [3.8, 4) is 0 Å². The molecular weight excluding hydrogens is 371 g/mol. The van der Waals surface area contributed by atoms with Gasteiger partial charge in [0.2, 0.25) is 0 Å². The Morgan fingerprint density at radius 1 is 1.05 bits per heavy atom. The van der Waals surface area contributed by atoms with Crippen LogP contribution in [0.1, 0.15) is 37.2 Å². The predicted octanol–water partition coefficient (Wildman–Crippen LogP) is 5.62. The summed E-state index contributed by atoms with van der Waals surface area (Å²) in [5.74, 6) is -1.15. The van der Waals surface area contributed by atoms with Crippen LogP contribution in [0.4, 0.5) is 17.6 Å². The molecule has 0 radical (unpaired) electrons. The second-order valence-electron chi connectivity index (χ2n) is 4.87. The Balaban J connectivity index is 2.08. The molecule has 104 valence electrons. The number of halogens is 5. The smallest absolute Gasteiger partial charge is 0.206 e. The molecule has 0 spiro atoms. The van der Waals surface area contributed by atoms with Crippen molar-refractivity contribution in [3.05, 3.63) is 45.1 Å². The van der Waals surface area contributed by atoms with Crippen molar-refractivity contribution < 1.29 is 17.6 Å². The zero-order valence-electron chi connectivity index (χ0n) is 10.1. The van der Waals surface area contributed by atoms with Gasteiger partial charge in [0.25, 0.3) is 6.08 Å². The highest BCUT2D eigenvalue weighted by Crippen LogP contribution is 2.37. The van der Waals surface area contributed by atoms with Crippen LogP contribution in [0.3, 0.4) is 0 Å². The fourth-order valence-corrected chi connectivity index (χ4v) is 2.92. The van der Waals surface area contributed by atoms with Crippen LogP contribution in [0.15, 0.2) is 24.3 Å². The Labute approximate surface area is 123 Å². The molecule has 0 nitrogen and oxygen atoms in total. The molecule has 0 aliphatic heterocycles. The summed E-state index contributed by atoms with van der Waals surface area (Å²) < 4.78 is 51.3. The van der Waals surface area contributed by atoms with Gasteiger partial charge in [0.15, 0.2) is 0 Å². The molecule has 2 rings (SSSR count). The van der Waals surface area contributed by atoms with Gasteiger partial charge in [-0.2, -0.15) is 8.78 Å². The Morgan fingerprint density at radius 2 is 1.58 bits per heavy atom. The molecule has 1 aromatic carbocycles. The van der Waals surface area contributed by atoms with E-state index in [0.717, 1.165) is 6.08 Å². The van der Waals surface area contributed by atoms with E-state index < -0.39 is 17.7 Å². The van der Waals surface area contributed by atoms with Crippen LogP contribution in [0.5, 0.6) is 0 Å². The van der Waals surface area contributed by atoms with Crippen LogP contribution in [0, 0.1) is 21.1 Å². The average molecular weight is 384 g/mol. The summed E-state index contributed by atoms with van der Waals surface area (Å²) in [6.07, 6.45) is 2.00. The molecule has 0 bridgehead atoms. The second kappa shape index (κ2) is 6.24. The first-order valence-corrected chi connectivity index (χ1v) is 7.22. The number of hydrogen-bond donors (Lipinski definition) is 0. The summed E-state index contributed by atoms with van der Waals surface area (Å²) in [7, 11) is 0. The lowest BCUT2D eigenvalue weighted by Gasteiger charge is -2.27. The van der Waals surface area contributed by atoms with E-state index in [4.69, 9.17) is 0 Å². The number of benzene rings is 1. The van der Waals surface area contributed by atoms with Crippen LogP contribution in [0.25, 0.3) is 0 Å². The van der Waals surface area contributed by atoms with Crippen molar-refractivity contribution in [3.63, 3.8) is 0 Å². The molecule has 0 saturated heterocycles. The van der Waals surface area contributed by atoms with Gasteiger partial charge in [-0.05, 0) is 83.9 Å². The van der Waals surface area contributed by atoms with Gasteiger partial charge in [0, 0.05) is 0 Å². The summed E-state index contributed by atoms with van der Waals surface area (Å²) in [4.78, 5) is 0. The maximum atomic E-state index is 13.5. The fourth-order valence-electron chi connectivity index (χ4n) is 2.61. The van der Waals surface area contributed by atoms with E-state index in [-0.39, 0.29) is 15.4 Å². The van der Waals surface area contributed by atoms with E-state index in [1.807, 2.05) is 0 Å². The van der Waals surface area contributed by atoms with E-state index in [1.165, 1.54) is 12.1 Å². The molecule has 0 aromatic heterocycles. The van der Waals surface area contributed by atoms with Gasteiger partial charge < -0.3 is 0 Å². The molecule has 0 heterocycles. The largest absolute Gasteiger partial charge is 0.266 e. The van der Waals surface area contributed by atoms with Crippen LogP contribution in [-0.4, -0.2) is 0 Å². The summed E-state index contributed by atoms with van der Waals surface area (Å²) in [6, 6.07) is 2.73. The average Bonchev–Trinajstić information content (AvgIpc) is 2.35. The van der Waals surface area contributed by atoms with Crippen molar-refractivity contribution in [2.45, 2.75) is 31.6 Å². The third-order valence-corrected chi connectivity index (χ3v) is 4.64. The summed E-state index contributed by atoms with van der Waals surface area (Å²) in [5, 5.41) is 0. The van der Waals surface area contributed by atoms with Gasteiger partial charge in [-0.15, -0.1) is 0 Å². The molecule has 19 heavy (non-hydrogen) atoms. The topological polar surface area (TPSA) is 0 Å². The Hall–Kier alpha value is -0.590. The van der Waals surface area contributed by atoms with Crippen molar-refractivity contribution >= 4 is 22.6 Å². The van der Waals surface area contributed by atoms with Gasteiger partial charge in [-0.1, -0.05) is 0 Å². The Morgan fingerprint density at radius 3 is 2.05 bits per heavy atom. The predicted molar refractivity (Wildman–Crippen MR) is 74.1 cm³/mol. The zero-order valence-corrected chi connectivity index (χ0v) is 12.3. The molecule has 1 aliphatic rings. The highest BCUT2D eigenvalue weighted by Gasteiger charge is 2.23. The van der Waals surface area contributed by atoms with Crippen molar-refractivity contribution in [1.29, 1.82) is 0 Å². The van der Waals surface area contributed by atoms with Crippen molar-refractivity contribution in [1.82, 2.24) is 0 Å². The highest BCUT2D eigenvalue weighted by molar-refractivity contribution is 14.1. The molecule has 1 aromatic rings. The van der Waals surface area contributed by atoms with Gasteiger partial charge >= 0.3 is 0 Å². The molecule has 0 N–H and O–H groups in total. The number of rotatable bonds is 2. The quantitative estimate of drug-likeness (QED) is 0.353. The lowest BCUT2D eigenvalue weighted by molar-refractivity contribution is 0.350. The van der Waals surface area contributed by atoms with Crippen molar-refractivity contribution in [2.24, 2.45) is 5.92 Å². The first kappa shape index (κ1) is 14.8. The highest BCUT2D eigenvalue weighted by atomic mass is 127. The van der Waals surface area contributed by atoms with E-state index in [9.17, 15) is 17.6 Å². The van der Waals surface area contributed by atoms with Gasteiger partial charge in [0.05, 0.1) is 3.57 Å². The monoisotopic (exact) mass is 384 g/mol. The van der Waals surface area contributed by atoms with E-state index in [1.54, 1.807) is 22.6 Å². The summed E-state index contributed by atoms with van der Waals surface area (Å²) in [6.45, 7) is 0. The van der Waals surface area contributed by atoms with E-state index in [2.05, 4.69) is 0 Å². The van der Waals surface area contributed by atoms with Crippen LogP contribution < -0.4 is 0 Å². The maximum Gasteiger partial charge on any atom is 0.266 e. The lowest BCUT2D eigenvalue weighted by atomic mass is 9.79. The summed E-state index contributed by atoms with van der Waals surface area (Å²) >= 11 is 1.63. The SMILES string of the molecule is FC(F)=CC1CCC(c2cc(F)c(I)c(F)c2)CC1. The van der Waals surface area contributed by atoms with Gasteiger partial charge in [-0.25, -0.2) is 8.78 Å². The molecule has 1 saturated carbocycles. The fraction of sp³-hybridized carbons (Fsp3) is 0.429. The molecule has 0 amide bonds. The maximum absolute atomic E-state index is 13.5. The normalized spacial score (nSPS) is 23.2. The molecule has 0 unspecified atom stereocenters. The third-order valence-electron chi connectivity index (χ3n) is 3.61. The minimum absolute atomic E-state index is 0.00234. The Bertz CT molecular complexity index is 463. The van der Waals surface area contributed by atoms with Crippen LogP contribution in [0.2, 0.25) is 0 Å². The minimum Gasteiger partial charge on any atom is -0.206 e. The van der Waals surface area contributed by atoms with E-state index >= 15 is 0 Å². The zero-order chi connectivity index (χ0) is 14.0. The molecular formula is C14H13F4I. The van der Waals surface area contributed by atoms with Crippen LogP contribution in [-0.2, 0) is 0 Å². The molecule has 1 aliphatic carbocycles. The molecule has 5 heteroatoms. The standard InChI is InChI=1S/C14H13F4I/c15-11-6-10(7-12(16)14(11)19)9-3-1-8(2-4-9)5-13(17)18/h5-9H,1-4H2. The molecule has 1 fully saturated rings. The first-order valence-electron chi connectivity index (χ1n) is 6.14. The van der Waals surface area contributed by atoms with E-state index in [0.29, 0.717) is 31.2 Å². The number of hydrogen-bond acceptors (Lipinski definition) is 0. The number of allylic oxidation sites excluding steroid dienone is 1. The Kier molecular flexibility index (Phi) is 4.86. The van der Waals surface area contributed by atoms with Gasteiger partial charge in [0.1, 0.15) is 11.6 Å².